The van der Waals surface area contributed by atoms with Crippen LogP contribution in [-0.4, -0.2) is 31.8 Å². The summed E-state index contributed by atoms with van der Waals surface area (Å²) in [6.45, 7) is 1.92. The van der Waals surface area contributed by atoms with E-state index in [4.69, 9.17) is 34.8 Å². The molecule has 0 aliphatic heterocycles. The summed E-state index contributed by atoms with van der Waals surface area (Å²) in [6, 6.07) is 9.32. The maximum atomic E-state index is 12.2. The molecule has 0 radical (unpaired) electrons. The first kappa shape index (κ1) is 18.4. The third-order valence-corrected chi connectivity index (χ3v) is 3.42. The molecule has 24 heavy (non-hydrogen) atoms. The number of benzene rings is 1. The molecular formula is C15H12Cl3N5O. The Hall–Kier alpha value is -1.98. The van der Waals surface area contributed by atoms with Gasteiger partial charge in [-0.25, -0.2) is 9.97 Å². The molecule has 2 aromatic rings. The lowest BCUT2D eigenvalue weighted by atomic mass is 10.1. The predicted octanol–water partition coefficient (Wildman–Crippen LogP) is 3.72. The number of rotatable bonds is 4. The van der Waals surface area contributed by atoms with E-state index >= 15 is 0 Å². The summed E-state index contributed by atoms with van der Waals surface area (Å²) in [6.07, 6.45) is 3.13. The second kappa shape index (κ2) is 8.22. The fourth-order valence-corrected chi connectivity index (χ4v) is 1.90. The first-order chi connectivity index (χ1) is 11.4. The van der Waals surface area contributed by atoms with Crippen molar-refractivity contribution in [2.75, 3.05) is 0 Å². The quantitative estimate of drug-likeness (QED) is 0.644. The topological polar surface area (TPSA) is 79.6 Å². The molecule has 0 aliphatic rings. The largest absolute Gasteiger partial charge is 0.326 e. The Kier molecular flexibility index (Phi) is 6.29. The molecule has 0 fully saturated rings. The number of carbonyl (C=O) groups excluding carboxylic acids is 1. The summed E-state index contributed by atoms with van der Waals surface area (Å²) in [5.41, 5.74) is 1.87. The number of hydrogen-bond donors (Lipinski definition) is 1. The molecule has 6 nitrogen and oxygen atoms in total. The lowest BCUT2D eigenvalue weighted by molar-refractivity contribution is 0.0939. The normalized spacial score (nSPS) is 12.0. The third kappa shape index (κ3) is 5.58. The van der Waals surface area contributed by atoms with Crippen LogP contribution in [0.5, 0.6) is 0 Å². The van der Waals surface area contributed by atoms with Gasteiger partial charge in [-0.2, -0.15) is 9.98 Å². The minimum Gasteiger partial charge on any atom is -0.326 e. The van der Waals surface area contributed by atoms with Crippen LogP contribution >= 0.6 is 34.8 Å². The zero-order chi connectivity index (χ0) is 17.6. The second-order valence-corrected chi connectivity index (χ2v) is 7.09. The molecular weight excluding hydrogens is 373 g/mol. The van der Waals surface area contributed by atoms with Crippen molar-refractivity contribution >= 4 is 52.4 Å². The highest BCUT2D eigenvalue weighted by molar-refractivity contribution is 6.68. The SMILES string of the molecule is Cc1ccc(C(=O)NC(N=C=Nc2cncnc2)C(Cl)(Cl)Cl)cc1. The Bertz CT molecular complexity index is 753. The Morgan fingerprint density at radius 1 is 1.21 bits per heavy atom. The molecule has 2 rings (SSSR count). The summed E-state index contributed by atoms with van der Waals surface area (Å²) in [5, 5.41) is 2.52. The van der Waals surface area contributed by atoms with Crippen molar-refractivity contribution < 1.29 is 4.79 Å². The highest BCUT2D eigenvalue weighted by atomic mass is 35.6. The Balaban J connectivity index is 2.15. The number of amides is 1. The zero-order valence-electron chi connectivity index (χ0n) is 12.4. The van der Waals surface area contributed by atoms with Crippen molar-refractivity contribution in [3.05, 3.63) is 54.1 Å². The standard InChI is InChI=1S/C15H12Cl3N5O/c1-10-2-4-11(5-3-10)13(24)23-14(15(16,17)18)22-9-21-12-6-19-8-20-7-12/h2-8,14H,1H3,(H,23,24). The molecule has 1 unspecified atom stereocenters. The number of nitrogens with zero attached hydrogens (tertiary/aromatic N) is 4. The summed E-state index contributed by atoms with van der Waals surface area (Å²) in [7, 11) is 0. The molecule has 0 spiro atoms. The number of carbonyl (C=O) groups is 1. The summed E-state index contributed by atoms with van der Waals surface area (Å²) < 4.78 is -1.87. The van der Waals surface area contributed by atoms with Crippen molar-refractivity contribution in [1.29, 1.82) is 0 Å². The molecule has 1 amide bonds. The third-order valence-electron chi connectivity index (χ3n) is 2.80. The summed E-state index contributed by atoms with van der Waals surface area (Å²) in [5.74, 6) is -0.431. The fourth-order valence-electron chi connectivity index (χ4n) is 1.59. The zero-order valence-corrected chi connectivity index (χ0v) is 14.7. The van der Waals surface area contributed by atoms with Gasteiger partial charge in [0.2, 0.25) is 3.79 Å². The van der Waals surface area contributed by atoms with E-state index in [1.54, 1.807) is 24.3 Å². The van der Waals surface area contributed by atoms with Gasteiger partial charge in [0.15, 0.2) is 6.17 Å². The maximum absolute atomic E-state index is 12.2. The van der Waals surface area contributed by atoms with Gasteiger partial charge < -0.3 is 5.32 Å². The van der Waals surface area contributed by atoms with Gasteiger partial charge >= 0.3 is 0 Å². The minimum absolute atomic E-state index is 0.420. The number of aryl methyl sites for hydroxylation is 1. The fraction of sp³-hybridized carbons (Fsp3) is 0.200. The Morgan fingerprint density at radius 3 is 2.42 bits per heavy atom. The van der Waals surface area contributed by atoms with Crippen LogP contribution in [0.2, 0.25) is 0 Å². The van der Waals surface area contributed by atoms with Crippen LogP contribution in [0.15, 0.2) is 53.0 Å². The smallest absolute Gasteiger partial charge is 0.253 e. The van der Waals surface area contributed by atoms with Crippen molar-refractivity contribution in [1.82, 2.24) is 15.3 Å². The number of aromatic nitrogens is 2. The number of aliphatic imine (C=N–C) groups is 2. The van der Waals surface area contributed by atoms with Crippen LogP contribution in [0.4, 0.5) is 5.69 Å². The van der Waals surface area contributed by atoms with Gasteiger partial charge in [0, 0.05) is 5.56 Å². The van der Waals surface area contributed by atoms with E-state index in [-0.39, 0.29) is 0 Å². The van der Waals surface area contributed by atoms with E-state index in [0.717, 1.165) is 5.56 Å². The highest BCUT2D eigenvalue weighted by Crippen LogP contribution is 2.31. The second-order valence-electron chi connectivity index (χ2n) is 4.72. The van der Waals surface area contributed by atoms with E-state index in [1.807, 2.05) is 6.92 Å². The molecule has 0 bridgehead atoms. The number of nitrogens with one attached hydrogen (secondary N) is 1. The summed E-state index contributed by atoms with van der Waals surface area (Å²) >= 11 is 17.6. The highest BCUT2D eigenvalue weighted by Gasteiger charge is 2.34. The molecule has 124 valence electrons. The Morgan fingerprint density at radius 2 is 1.83 bits per heavy atom. The van der Waals surface area contributed by atoms with Gasteiger partial charge in [0.25, 0.3) is 5.91 Å². The van der Waals surface area contributed by atoms with Crippen molar-refractivity contribution in [2.24, 2.45) is 9.98 Å². The van der Waals surface area contributed by atoms with Crippen molar-refractivity contribution in [3.8, 4) is 0 Å². The average Bonchev–Trinajstić information content (AvgIpc) is 2.54. The number of alkyl halides is 3. The van der Waals surface area contributed by atoms with Crippen molar-refractivity contribution in [3.63, 3.8) is 0 Å². The van der Waals surface area contributed by atoms with E-state index in [2.05, 4.69) is 31.3 Å². The predicted molar refractivity (Wildman–Crippen MR) is 94.3 cm³/mol. The van der Waals surface area contributed by atoms with Gasteiger partial charge in [0.05, 0.1) is 18.4 Å². The molecule has 0 saturated heterocycles. The van der Waals surface area contributed by atoms with Gasteiger partial charge in [0.1, 0.15) is 12.0 Å². The molecule has 1 atom stereocenters. The molecule has 1 N–H and O–H groups in total. The average molecular weight is 385 g/mol. The number of hydrogen-bond acceptors (Lipinski definition) is 5. The van der Waals surface area contributed by atoms with Gasteiger partial charge in [-0.05, 0) is 19.1 Å². The molecule has 1 aromatic carbocycles. The monoisotopic (exact) mass is 383 g/mol. The molecule has 1 aromatic heterocycles. The first-order valence-electron chi connectivity index (χ1n) is 6.71. The van der Waals surface area contributed by atoms with Crippen LogP contribution < -0.4 is 5.32 Å². The van der Waals surface area contributed by atoms with Gasteiger partial charge in [-0.3, -0.25) is 4.79 Å². The van der Waals surface area contributed by atoms with Crippen LogP contribution in [0.3, 0.4) is 0 Å². The number of halogens is 3. The van der Waals surface area contributed by atoms with E-state index in [0.29, 0.717) is 11.3 Å². The van der Waals surface area contributed by atoms with Crippen LogP contribution in [0.1, 0.15) is 15.9 Å². The minimum atomic E-state index is -1.87. The van der Waals surface area contributed by atoms with Crippen LogP contribution in [-0.2, 0) is 0 Å². The van der Waals surface area contributed by atoms with Gasteiger partial charge in [-0.1, -0.05) is 52.5 Å². The van der Waals surface area contributed by atoms with E-state index in [1.165, 1.54) is 18.7 Å². The molecule has 0 saturated carbocycles. The summed E-state index contributed by atoms with van der Waals surface area (Å²) in [4.78, 5) is 27.6. The van der Waals surface area contributed by atoms with E-state index < -0.39 is 15.9 Å². The van der Waals surface area contributed by atoms with Crippen LogP contribution in [0.25, 0.3) is 0 Å². The van der Waals surface area contributed by atoms with Gasteiger partial charge in [-0.15, -0.1) is 0 Å². The van der Waals surface area contributed by atoms with E-state index in [9.17, 15) is 4.79 Å². The first-order valence-corrected chi connectivity index (χ1v) is 7.84. The van der Waals surface area contributed by atoms with Crippen LogP contribution in [0, 0.1) is 6.92 Å². The van der Waals surface area contributed by atoms with Crippen molar-refractivity contribution in [2.45, 2.75) is 16.9 Å². The lowest BCUT2D eigenvalue weighted by Crippen LogP contribution is -2.42. The lowest BCUT2D eigenvalue weighted by Gasteiger charge is -2.20. The molecule has 9 heteroatoms. The maximum Gasteiger partial charge on any atom is 0.253 e. The Labute approximate surface area is 153 Å². The molecule has 0 aliphatic carbocycles. The molecule has 1 heterocycles.